The summed E-state index contributed by atoms with van der Waals surface area (Å²) in [6, 6.07) is 4.01. The summed E-state index contributed by atoms with van der Waals surface area (Å²) in [6.45, 7) is 13.6. The van der Waals surface area contributed by atoms with Gasteiger partial charge in [0.1, 0.15) is 17.1 Å². The van der Waals surface area contributed by atoms with E-state index in [0.29, 0.717) is 45.3 Å². The molecule has 10 nitrogen and oxygen atoms in total. The maximum Gasteiger partial charge on any atom is 0.318 e. The third kappa shape index (κ3) is 6.11. The second-order valence-corrected chi connectivity index (χ2v) is 12.3. The van der Waals surface area contributed by atoms with E-state index in [2.05, 4.69) is 21.3 Å². The molecule has 0 aliphatic carbocycles. The van der Waals surface area contributed by atoms with Crippen LogP contribution in [0.5, 0.6) is 11.8 Å². The highest BCUT2D eigenvalue weighted by molar-refractivity contribution is 7.18. The molecule has 3 aromatic rings. The molecule has 0 saturated carbocycles. The number of benzene rings is 1. The molecule has 0 atom stereocenters. The first-order chi connectivity index (χ1) is 20.0. The number of carbonyl (C=O) groups is 1. The molecule has 5 heterocycles. The van der Waals surface area contributed by atoms with Gasteiger partial charge in [0, 0.05) is 50.9 Å². The van der Waals surface area contributed by atoms with Crippen LogP contribution in [0, 0.1) is 6.92 Å². The fourth-order valence-electron chi connectivity index (χ4n) is 6.17. The molecule has 1 amide bonds. The number of piperazine rings is 1. The van der Waals surface area contributed by atoms with Gasteiger partial charge in [0.05, 0.1) is 34.2 Å². The molecule has 2 fully saturated rings. The van der Waals surface area contributed by atoms with E-state index in [9.17, 15) is 9.90 Å². The normalized spacial score (nSPS) is 18.0. The van der Waals surface area contributed by atoms with E-state index >= 15 is 0 Å². The maximum absolute atomic E-state index is 12.2. The molecule has 1 N–H and O–H groups in total. The summed E-state index contributed by atoms with van der Waals surface area (Å²) in [4.78, 5) is 35.6. The predicted molar refractivity (Wildman–Crippen MR) is 162 cm³/mol. The number of rotatable bonds is 8. The predicted octanol–water partition coefficient (Wildman–Crippen LogP) is 3.75. The Morgan fingerprint density at radius 1 is 1.05 bits per heavy atom. The summed E-state index contributed by atoms with van der Waals surface area (Å²) >= 11 is 1.59. The van der Waals surface area contributed by atoms with Crippen LogP contribution in [0.4, 0.5) is 11.5 Å². The largest absolute Gasteiger partial charge is 0.508 e. The van der Waals surface area contributed by atoms with Gasteiger partial charge in [0.25, 0.3) is 0 Å². The first kappa shape index (κ1) is 27.7. The number of aryl methyl sites for hydroxylation is 1. The summed E-state index contributed by atoms with van der Waals surface area (Å²) < 4.78 is 7.17. The molecule has 0 unspecified atom stereocenters. The van der Waals surface area contributed by atoms with E-state index in [1.165, 1.54) is 38.4 Å². The molecule has 6 rings (SSSR count). The number of hydrogen-bond acceptors (Lipinski definition) is 10. The molecule has 2 saturated heterocycles. The van der Waals surface area contributed by atoms with Gasteiger partial charge in [-0.3, -0.25) is 4.79 Å². The standard InChI is InChI=1S/C30H39N7O3S/c1-3-27(39)35-13-15-36(16-14-35)29-23-8-12-37(25-18-22(38)19-26-28(25)31-21(2)41-26)20-24(23)32-30(33-29)40-17-7-11-34-9-5-4-6-10-34/h3,18-19,38H,1,4-17,20H2,2H3. The summed E-state index contributed by atoms with van der Waals surface area (Å²) in [5, 5.41) is 11.4. The zero-order valence-electron chi connectivity index (χ0n) is 23.8. The first-order valence-electron chi connectivity index (χ1n) is 14.7. The van der Waals surface area contributed by atoms with Gasteiger partial charge >= 0.3 is 6.01 Å². The van der Waals surface area contributed by atoms with Crippen molar-refractivity contribution in [3.8, 4) is 11.8 Å². The van der Waals surface area contributed by atoms with Crippen LogP contribution in [0.3, 0.4) is 0 Å². The van der Waals surface area contributed by atoms with Gasteiger partial charge in [-0.1, -0.05) is 13.0 Å². The fraction of sp³-hybridized carbons (Fsp3) is 0.533. The van der Waals surface area contributed by atoms with Gasteiger partial charge in [-0.15, -0.1) is 11.3 Å². The number of phenols is 1. The number of phenolic OH excluding ortho intramolecular Hbond substituents is 1. The van der Waals surface area contributed by atoms with E-state index in [-0.39, 0.29) is 11.7 Å². The minimum atomic E-state index is -0.0301. The summed E-state index contributed by atoms with van der Waals surface area (Å²) in [6.07, 6.45) is 7.00. The minimum absolute atomic E-state index is 0.0301. The van der Waals surface area contributed by atoms with Crippen molar-refractivity contribution in [1.29, 1.82) is 0 Å². The van der Waals surface area contributed by atoms with Crippen LogP contribution in [0.2, 0.25) is 0 Å². The van der Waals surface area contributed by atoms with Crippen LogP contribution in [-0.2, 0) is 17.8 Å². The van der Waals surface area contributed by atoms with Gasteiger partial charge in [-0.05, 0) is 57.8 Å². The highest BCUT2D eigenvalue weighted by Crippen LogP contribution is 2.38. The number of piperidine rings is 1. The molecule has 0 bridgehead atoms. The molecule has 3 aliphatic heterocycles. The topological polar surface area (TPSA) is 98.2 Å². The van der Waals surface area contributed by atoms with Crippen LogP contribution in [0.25, 0.3) is 10.2 Å². The Labute approximate surface area is 245 Å². The molecule has 218 valence electrons. The van der Waals surface area contributed by atoms with Crippen LogP contribution < -0.4 is 14.5 Å². The lowest BCUT2D eigenvalue weighted by Gasteiger charge is -2.38. The summed E-state index contributed by atoms with van der Waals surface area (Å²) in [5.41, 5.74) is 3.92. The number of thiazole rings is 1. The monoisotopic (exact) mass is 577 g/mol. The van der Waals surface area contributed by atoms with Gasteiger partial charge in [-0.2, -0.15) is 9.97 Å². The SMILES string of the molecule is C=CC(=O)N1CCN(c2nc(OCCCN3CCCCC3)nc3c2CCN(c2cc(O)cc4sc(C)nc24)C3)CC1. The highest BCUT2D eigenvalue weighted by atomic mass is 32.1. The molecule has 3 aliphatic rings. The maximum atomic E-state index is 12.2. The van der Waals surface area contributed by atoms with E-state index in [1.807, 2.05) is 17.9 Å². The van der Waals surface area contributed by atoms with Gasteiger partial charge in [0.2, 0.25) is 5.91 Å². The molecule has 0 spiro atoms. The number of aromatic hydroxyl groups is 1. The number of carbonyl (C=O) groups excluding carboxylic acids is 1. The van der Waals surface area contributed by atoms with Gasteiger partial charge < -0.3 is 29.4 Å². The second kappa shape index (κ2) is 12.2. The Bertz CT molecular complexity index is 1410. The first-order valence-corrected chi connectivity index (χ1v) is 15.6. The van der Waals surface area contributed by atoms with Crippen LogP contribution in [-0.4, -0.2) is 94.7 Å². The Morgan fingerprint density at radius 3 is 2.63 bits per heavy atom. The van der Waals surface area contributed by atoms with Crippen molar-refractivity contribution in [2.75, 3.05) is 68.8 Å². The number of nitrogens with zero attached hydrogens (tertiary/aromatic N) is 7. The van der Waals surface area contributed by atoms with E-state index in [1.54, 1.807) is 17.4 Å². The Hall–Kier alpha value is -3.44. The number of anilines is 2. The number of ether oxygens (including phenoxy) is 1. The van der Waals surface area contributed by atoms with Crippen LogP contribution >= 0.6 is 11.3 Å². The Kier molecular flexibility index (Phi) is 8.25. The molecular weight excluding hydrogens is 538 g/mol. The number of hydrogen-bond donors (Lipinski definition) is 1. The minimum Gasteiger partial charge on any atom is -0.508 e. The summed E-state index contributed by atoms with van der Waals surface area (Å²) in [5.74, 6) is 1.13. The zero-order chi connectivity index (χ0) is 28.3. The second-order valence-electron chi connectivity index (χ2n) is 11.1. The van der Waals surface area contributed by atoms with Crippen molar-refractivity contribution >= 4 is 39.0 Å². The third-order valence-electron chi connectivity index (χ3n) is 8.29. The average Bonchev–Trinajstić information content (AvgIpc) is 3.38. The molecule has 41 heavy (non-hydrogen) atoms. The molecule has 1 aromatic carbocycles. The van der Waals surface area contributed by atoms with Crippen LogP contribution in [0.15, 0.2) is 24.8 Å². The highest BCUT2D eigenvalue weighted by Gasteiger charge is 2.29. The van der Waals surface area contributed by atoms with E-state index < -0.39 is 0 Å². The number of amides is 1. The van der Waals surface area contributed by atoms with Gasteiger partial charge in [0.15, 0.2) is 0 Å². The Balaban J connectivity index is 1.24. The smallest absolute Gasteiger partial charge is 0.318 e. The van der Waals surface area contributed by atoms with Crippen molar-refractivity contribution in [2.24, 2.45) is 0 Å². The van der Waals surface area contributed by atoms with Crippen molar-refractivity contribution in [3.63, 3.8) is 0 Å². The van der Waals surface area contributed by atoms with Crippen molar-refractivity contribution in [1.82, 2.24) is 24.8 Å². The lowest BCUT2D eigenvalue weighted by Crippen LogP contribution is -2.49. The van der Waals surface area contributed by atoms with E-state index in [4.69, 9.17) is 19.7 Å². The lowest BCUT2D eigenvalue weighted by atomic mass is 10.0. The van der Waals surface area contributed by atoms with E-state index in [0.717, 1.165) is 63.9 Å². The molecule has 2 aromatic heterocycles. The Morgan fingerprint density at radius 2 is 1.85 bits per heavy atom. The molecule has 11 heteroatoms. The van der Waals surface area contributed by atoms with Gasteiger partial charge in [-0.25, -0.2) is 4.98 Å². The lowest BCUT2D eigenvalue weighted by molar-refractivity contribution is -0.126. The zero-order valence-corrected chi connectivity index (χ0v) is 24.7. The van der Waals surface area contributed by atoms with Crippen molar-refractivity contribution in [2.45, 2.75) is 45.6 Å². The average molecular weight is 578 g/mol. The fourth-order valence-corrected chi connectivity index (χ4v) is 7.05. The molecular formula is C30H39N7O3S. The number of fused-ring (bicyclic) bond motifs is 2. The number of aromatic nitrogens is 3. The van der Waals surface area contributed by atoms with Crippen molar-refractivity contribution < 1.29 is 14.6 Å². The van der Waals surface area contributed by atoms with Crippen molar-refractivity contribution in [3.05, 3.63) is 41.1 Å². The number of likely N-dealkylation sites (tertiary alicyclic amines) is 1. The quantitative estimate of drug-likeness (QED) is 0.317. The van der Waals surface area contributed by atoms with Crippen LogP contribution in [0.1, 0.15) is 41.9 Å². The third-order valence-corrected chi connectivity index (χ3v) is 9.21. The molecule has 0 radical (unpaired) electrons. The summed E-state index contributed by atoms with van der Waals surface area (Å²) in [7, 11) is 0.